The summed E-state index contributed by atoms with van der Waals surface area (Å²) in [6, 6.07) is 1.89. The minimum absolute atomic E-state index is 0.110. The third-order valence-electron chi connectivity index (χ3n) is 4.33. The Balaban J connectivity index is 1.44. The standard InChI is InChI=1S/C16H19N3O2S/c20-16(13-3-6-22-10-13)18-4-5-19-11-17-14(15(19)7-18)9-21-8-12-1-2-12/h3,6,10-12H,1-2,4-5,7-9H2. The van der Waals surface area contributed by atoms with Gasteiger partial charge in [-0.1, -0.05) is 0 Å². The molecule has 1 amide bonds. The first-order chi connectivity index (χ1) is 10.8. The molecule has 2 aromatic rings. The number of rotatable bonds is 5. The number of aromatic nitrogens is 2. The third-order valence-corrected chi connectivity index (χ3v) is 5.01. The summed E-state index contributed by atoms with van der Waals surface area (Å²) in [4.78, 5) is 18.9. The molecule has 116 valence electrons. The number of imidazole rings is 1. The minimum atomic E-state index is 0.110. The second-order valence-electron chi connectivity index (χ2n) is 6.03. The zero-order valence-electron chi connectivity index (χ0n) is 12.4. The zero-order chi connectivity index (χ0) is 14.9. The predicted molar refractivity (Wildman–Crippen MR) is 83.7 cm³/mol. The zero-order valence-corrected chi connectivity index (χ0v) is 13.2. The van der Waals surface area contributed by atoms with Crippen LogP contribution in [-0.2, 0) is 24.4 Å². The number of nitrogens with zero attached hydrogens (tertiary/aromatic N) is 3. The molecule has 0 saturated heterocycles. The second kappa shape index (κ2) is 5.85. The number of hydrogen-bond donors (Lipinski definition) is 0. The van der Waals surface area contributed by atoms with Gasteiger partial charge in [0.15, 0.2) is 0 Å². The molecule has 4 rings (SSSR count). The van der Waals surface area contributed by atoms with Crippen molar-refractivity contribution in [1.29, 1.82) is 0 Å². The molecule has 22 heavy (non-hydrogen) atoms. The Kier molecular flexibility index (Phi) is 3.72. The van der Waals surface area contributed by atoms with Crippen LogP contribution >= 0.6 is 11.3 Å². The maximum absolute atomic E-state index is 12.5. The molecule has 1 fully saturated rings. The molecular formula is C16H19N3O2S. The summed E-state index contributed by atoms with van der Waals surface area (Å²) in [5.74, 6) is 0.869. The number of amides is 1. The lowest BCUT2D eigenvalue weighted by Gasteiger charge is -2.28. The van der Waals surface area contributed by atoms with E-state index in [2.05, 4.69) is 9.55 Å². The highest BCUT2D eigenvalue weighted by Gasteiger charge is 2.25. The summed E-state index contributed by atoms with van der Waals surface area (Å²) in [5, 5.41) is 3.85. The molecule has 2 aromatic heterocycles. The monoisotopic (exact) mass is 317 g/mol. The van der Waals surface area contributed by atoms with E-state index in [1.165, 1.54) is 12.8 Å². The van der Waals surface area contributed by atoms with Crippen LogP contribution in [-0.4, -0.2) is 33.5 Å². The summed E-state index contributed by atoms with van der Waals surface area (Å²) in [7, 11) is 0. The van der Waals surface area contributed by atoms with Crippen molar-refractivity contribution in [1.82, 2.24) is 14.5 Å². The van der Waals surface area contributed by atoms with Crippen LogP contribution in [0.3, 0.4) is 0 Å². The van der Waals surface area contributed by atoms with E-state index in [1.807, 2.05) is 28.1 Å². The molecule has 1 aliphatic carbocycles. The number of fused-ring (bicyclic) bond motifs is 1. The van der Waals surface area contributed by atoms with Crippen molar-refractivity contribution >= 4 is 17.2 Å². The minimum Gasteiger partial charge on any atom is -0.375 e. The highest BCUT2D eigenvalue weighted by Crippen LogP contribution is 2.29. The van der Waals surface area contributed by atoms with Crippen LogP contribution in [0.5, 0.6) is 0 Å². The van der Waals surface area contributed by atoms with E-state index < -0.39 is 0 Å². The molecule has 0 aromatic carbocycles. The highest BCUT2D eigenvalue weighted by molar-refractivity contribution is 7.08. The van der Waals surface area contributed by atoms with Crippen molar-refractivity contribution < 1.29 is 9.53 Å². The molecule has 0 N–H and O–H groups in total. The van der Waals surface area contributed by atoms with Gasteiger partial charge >= 0.3 is 0 Å². The van der Waals surface area contributed by atoms with Gasteiger partial charge in [0.2, 0.25) is 0 Å². The van der Waals surface area contributed by atoms with Crippen molar-refractivity contribution in [2.45, 2.75) is 32.5 Å². The molecule has 0 bridgehead atoms. The fourth-order valence-electron chi connectivity index (χ4n) is 2.78. The lowest BCUT2D eigenvalue weighted by molar-refractivity contribution is 0.0704. The highest BCUT2D eigenvalue weighted by atomic mass is 32.1. The van der Waals surface area contributed by atoms with Crippen LogP contribution in [0.4, 0.5) is 0 Å². The summed E-state index contributed by atoms with van der Waals surface area (Å²) in [6.07, 6.45) is 4.46. The van der Waals surface area contributed by atoms with Gasteiger partial charge in [0.25, 0.3) is 5.91 Å². The molecule has 0 spiro atoms. The summed E-state index contributed by atoms with van der Waals surface area (Å²) >= 11 is 1.56. The number of ether oxygens (including phenoxy) is 1. The van der Waals surface area contributed by atoms with Crippen LogP contribution in [0.2, 0.25) is 0 Å². The Bertz CT molecular complexity index is 661. The summed E-state index contributed by atoms with van der Waals surface area (Å²) in [5.41, 5.74) is 2.87. The fourth-order valence-corrected chi connectivity index (χ4v) is 3.41. The normalized spacial score (nSPS) is 17.5. The maximum Gasteiger partial charge on any atom is 0.255 e. The predicted octanol–water partition coefficient (Wildman–Crippen LogP) is 2.53. The van der Waals surface area contributed by atoms with Crippen molar-refractivity contribution in [2.75, 3.05) is 13.2 Å². The second-order valence-corrected chi connectivity index (χ2v) is 6.81. The average molecular weight is 317 g/mol. The number of thiophene rings is 1. The van der Waals surface area contributed by atoms with E-state index >= 15 is 0 Å². The van der Waals surface area contributed by atoms with Gasteiger partial charge in [-0.3, -0.25) is 4.79 Å². The first-order valence-electron chi connectivity index (χ1n) is 7.73. The first-order valence-corrected chi connectivity index (χ1v) is 8.67. The lowest BCUT2D eigenvalue weighted by Crippen LogP contribution is -2.38. The Morgan fingerprint density at radius 3 is 3.09 bits per heavy atom. The van der Waals surface area contributed by atoms with Gasteiger partial charge < -0.3 is 14.2 Å². The maximum atomic E-state index is 12.5. The quantitative estimate of drug-likeness (QED) is 0.851. The number of carbonyl (C=O) groups excluding carboxylic acids is 1. The molecule has 6 heteroatoms. The Morgan fingerprint density at radius 1 is 1.41 bits per heavy atom. The smallest absolute Gasteiger partial charge is 0.255 e. The average Bonchev–Trinajstić information content (AvgIpc) is 3.05. The van der Waals surface area contributed by atoms with Crippen LogP contribution in [0.15, 0.2) is 23.2 Å². The molecule has 0 atom stereocenters. The number of carbonyl (C=O) groups is 1. The van der Waals surface area contributed by atoms with Crippen molar-refractivity contribution in [3.8, 4) is 0 Å². The molecule has 3 heterocycles. The van der Waals surface area contributed by atoms with Gasteiger partial charge in [0, 0.05) is 25.1 Å². The Hall–Kier alpha value is -1.66. The van der Waals surface area contributed by atoms with Gasteiger partial charge in [-0.25, -0.2) is 4.98 Å². The van der Waals surface area contributed by atoms with Gasteiger partial charge in [-0.05, 0) is 30.2 Å². The largest absolute Gasteiger partial charge is 0.375 e. The van der Waals surface area contributed by atoms with Gasteiger partial charge in [0.05, 0.1) is 36.4 Å². The third kappa shape index (κ3) is 2.80. The van der Waals surface area contributed by atoms with Gasteiger partial charge in [0.1, 0.15) is 0 Å². The number of hydrogen-bond acceptors (Lipinski definition) is 4. The Labute approximate surface area is 133 Å². The van der Waals surface area contributed by atoms with Crippen molar-refractivity contribution in [3.05, 3.63) is 40.1 Å². The van der Waals surface area contributed by atoms with E-state index in [0.29, 0.717) is 13.2 Å². The van der Waals surface area contributed by atoms with Crippen molar-refractivity contribution in [2.24, 2.45) is 5.92 Å². The van der Waals surface area contributed by atoms with Crippen LogP contribution in [0, 0.1) is 5.92 Å². The molecule has 1 saturated carbocycles. The SMILES string of the molecule is O=C(c1ccsc1)N1CCn2cnc(COCC3CC3)c2C1. The molecule has 5 nitrogen and oxygen atoms in total. The Morgan fingerprint density at radius 2 is 2.32 bits per heavy atom. The molecular weight excluding hydrogens is 298 g/mol. The molecule has 1 aliphatic heterocycles. The first kappa shape index (κ1) is 14.0. The van der Waals surface area contributed by atoms with E-state index in [-0.39, 0.29) is 5.91 Å². The molecule has 0 radical (unpaired) electrons. The topological polar surface area (TPSA) is 47.4 Å². The molecule has 0 unspecified atom stereocenters. The molecule has 2 aliphatic rings. The lowest BCUT2D eigenvalue weighted by atomic mass is 10.2. The summed E-state index contributed by atoms with van der Waals surface area (Å²) in [6.45, 7) is 3.56. The van der Waals surface area contributed by atoms with Crippen LogP contribution < -0.4 is 0 Å². The van der Waals surface area contributed by atoms with Crippen LogP contribution in [0.1, 0.15) is 34.6 Å². The fraction of sp³-hybridized carbons (Fsp3) is 0.500. The summed E-state index contributed by atoms with van der Waals surface area (Å²) < 4.78 is 7.90. The van der Waals surface area contributed by atoms with E-state index in [1.54, 1.807) is 11.3 Å². The van der Waals surface area contributed by atoms with E-state index in [0.717, 1.165) is 42.6 Å². The van der Waals surface area contributed by atoms with Crippen molar-refractivity contribution in [3.63, 3.8) is 0 Å². The van der Waals surface area contributed by atoms with E-state index in [4.69, 9.17) is 4.74 Å². The van der Waals surface area contributed by atoms with E-state index in [9.17, 15) is 4.79 Å². The van der Waals surface area contributed by atoms with Gasteiger partial charge in [-0.2, -0.15) is 11.3 Å². The van der Waals surface area contributed by atoms with Gasteiger partial charge in [-0.15, -0.1) is 0 Å². The van der Waals surface area contributed by atoms with Crippen LogP contribution in [0.25, 0.3) is 0 Å².